The third kappa shape index (κ3) is 2.23. The molecule has 0 rings (SSSR count). The summed E-state index contributed by atoms with van der Waals surface area (Å²) in [7, 11) is 0. The third-order valence-electron chi connectivity index (χ3n) is 0.821. The maximum atomic E-state index is 9.90. The Morgan fingerprint density at radius 3 is 2.00 bits per heavy atom. The van der Waals surface area contributed by atoms with Gasteiger partial charge in [0.15, 0.2) is 0 Å². The summed E-state index contributed by atoms with van der Waals surface area (Å²) >= 11 is 0. The van der Waals surface area contributed by atoms with Gasteiger partial charge in [0, 0.05) is 0 Å². The van der Waals surface area contributed by atoms with Crippen molar-refractivity contribution in [3.8, 4) is 0 Å². The Morgan fingerprint density at radius 2 is 2.00 bits per heavy atom. The first-order chi connectivity index (χ1) is 3.48. The van der Waals surface area contributed by atoms with E-state index in [1.165, 1.54) is 6.92 Å². The minimum Gasteiger partial charge on any atom is -0.385 e. The maximum absolute atomic E-state index is 9.90. The third-order valence-corrected chi connectivity index (χ3v) is 0.821. The second kappa shape index (κ2) is 2.41. The van der Waals surface area contributed by atoms with Gasteiger partial charge in [0.05, 0.1) is 0 Å². The van der Waals surface area contributed by atoms with E-state index in [0.717, 1.165) is 0 Å². The molecule has 0 aromatic carbocycles. The van der Waals surface area contributed by atoms with Crippen molar-refractivity contribution in [2.24, 2.45) is 0 Å². The molecule has 0 aromatic heterocycles. The van der Waals surface area contributed by atoms with Crippen LogP contribution in [0.4, 0.5) is 0 Å². The van der Waals surface area contributed by atoms with Crippen LogP contribution in [0.25, 0.3) is 0 Å². The summed E-state index contributed by atoms with van der Waals surface area (Å²) in [6.45, 7) is 1.48. The molecule has 0 saturated heterocycles. The van der Waals surface area contributed by atoms with Gasteiger partial charge in [-0.05, 0) is 6.42 Å². The first-order valence-electron chi connectivity index (χ1n) is 2.31. The van der Waals surface area contributed by atoms with E-state index in [4.69, 9.17) is 15.3 Å². The highest BCUT2D eigenvalue weighted by atomic mass is 16.7. The Balaban J connectivity index is 3.62. The molecular weight excluding hydrogens is 112 g/mol. The standard InChI is InChI=1S/C4H9O4/c1-2-3(5)4(6,7)8/h3,5-7H,2H2,1H3. The maximum Gasteiger partial charge on any atom is 0.334 e. The molecule has 0 saturated carbocycles. The van der Waals surface area contributed by atoms with Gasteiger partial charge in [-0.3, -0.25) is 0 Å². The predicted molar refractivity (Wildman–Crippen MR) is 24.2 cm³/mol. The summed E-state index contributed by atoms with van der Waals surface area (Å²) < 4.78 is 0. The Kier molecular flexibility index (Phi) is 2.36. The molecule has 1 atom stereocenters. The zero-order valence-corrected chi connectivity index (χ0v) is 4.53. The van der Waals surface area contributed by atoms with Gasteiger partial charge in [-0.15, -0.1) is 0 Å². The molecule has 0 aliphatic rings. The topological polar surface area (TPSA) is 80.6 Å². The quantitative estimate of drug-likeness (QED) is 0.402. The van der Waals surface area contributed by atoms with Gasteiger partial charge in [0.25, 0.3) is 0 Å². The van der Waals surface area contributed by atoms with Crippen LogP contribution in [0.1, 0.15) is 13.3 Å². The van der Waals surface area contributed by atoms with Crippen molar-refractivity contribution >= 4 is 0 Å². The van der Waals surface area contributed by atoms with Gasteiger partial charge >= 0.3 is 5.97 Å². The van der Waals surface area contributed by atoms with E-state index in [0.29, 0.717) is 0 Å². The second-order valence-electron chi connectivity index (χ2n) is 1.58. The number of hydrogen-bond donors (Lipinski definition) is 3. The lowest BCUT2D eigenvalue weighted by molar-refractivity contribution is -0.383. The first kappa shape index (κ1) is 7.84. The lowest BCUT2D eigenvalue weighted by atomic mass is 10.2. The van der Waals surface area contributed by atoms with E-state index in [2.05, 4.69) is 0 Å². The molecule has 0 spiro atoms. The number of hydrogen-bond acceptors (Lipinski definition) is 3. The second-order valence-corrected chi connectivity index (χ2v) is 1.58. The zero-order valence-electron chi connectivity index (χ0n) is 4.53. The Labute approximate surface area is 47.0 Å². The molecule has 0 fully saturated rings. The van der Waals surface area contributed by atoms with Crippen LogP contribution in [0.3, 0.4) is 0 Å². The van der Waals surface area contributed by atoms with E-state index in [-0.39, 0.29) is 6.42 Å². The van der Waals surface area contributed by atoms with Crippen LogP contribution < -0.4 is 0 Å². The average molecular weight is 121 g/mol. The molecule has 0 aliphatic carbocycles. The molecule has 4 nitrogen and oxygen atoms in total. The van der Waals surface area contributed by atoms with Crippen LogP contribution in [0.15, 0.2) is 0 Å². The molecule has 3 N–H and O–H groups in total. The van der Waals surface area contributed by atoms with Crippen molar-refractivity contribution in [1.29, 1.82) is 0 Å². The van der Waals surface area contributed by atoms with Crippen LogP contribution in [0.2, 0.25) is 0 Å². The Bertz CT molecular complexity index is 64.9. The van der Waals surface area contributed by atoms with Crippen molar-refractivity contribution in [3.63, 3.8) is 0 Å². The molecule has 0 heterocycles. The molecule has 0 aliphatic heterocycles. The molecule has 49 valence electrons. The molecule has 0 aromatic rings. The highest BCUT2D eigenvalue weighted by Crippen LogP contribution is 2.04. The monoisotopic (exact) mass is 121 g/mol. The predicted octanol–water partition coefficient (Wildman–Crippen LogP) is -1.17. The van der Waals surface area contributed by atoms with Crippen LogP contribution >= 0.6 is 0 Å². The normalized spacial score (nSPS) is 16.1. The first-order valence-corrected chi connectivity index (χ1v) is 2.31. The molecule has 4 heteroatoms. The van der Waals surface area contributed by atoms with Gasteiger partial charge in [-0.25, -0.2) is 0 Å². The largest absolute Gasteiger partial charge is 0.385 e. The fourth-order valence-corrected chi connectivity index (χ4v) is 0.266. The summed E-state index contributed by atoms with van der Waals surface area (Å²) in [6, 6.07) is 0. The zero-order chi connectivity index (χ0) is 6.78. The Morgan fingerprint density at radius 1 is 1.62 bits per heavy atom. The van der Waals surface area contributed by atoms with Crippen molar-refractivity contribution in [1.82, 2.24) is 0 Å². The summed E-state index contributed by atoms with van der Waals surface area (Å²) in [5, 5.41) is 34.3. The fourth-order valence-electron chi connectivity index (χ4n) is 0.266. The lowest BCUT2D eigenvalue weighted by Crippen LogP contribution is -2.39. The van der Waals surface area contributed by atoms with E-state index in [1.54, 1.807) is 0 Å². The summed E-state index contributed by atoms with van der Waals surface area (Å²) in [5.41, 5.74) is 0. The van der Waals surface area contributed by atoms with Gasteiger partial charge in [-0.2, -0.15) is 5.11 Å². The molecular formula is C4H9O4. The molecule has 1 radical (unpaired) electrons. The molecule has 1 unspecified atom stereocenters. The van der Waals surface area contributed by atoms with Crippen LogP contribution in [0, 0.1) is 0 Å². The summed E-state index contributed by atoms with van der Waals surface area (Å²) in [6.07, 6.45) is -1.56. The van der Waals surface area contributed by atoms with E-state index < -0.39 is 12.1 Å². The van der Waals surface area contributed by atoms with E-state index in [9.17, 15) is 5.11 Å². The van der Waals surface area contributed by atoms with Gasteiger partial charge in [0.2, 0.25) is 0 Å². The number of aliphatic hydroxyl groups is 3. The average Bonchev–Trinajstić information content (AvgIpc) is 1.62. The minimum atomic E-state index is -3.19. The van der Waals surface area contributed by atoms with Crippen LogP contribution in [-0.4, -0.2) is 27.4 Å². The smallest absolute Gasteiger partial charge is 0.334 e. The lowest BCUT2D eigenvalue weighted by Gasteiger charge is -2.16. The van der Waals surface area contributed by atoms with Crippen LogP contribution in [-0.2, 0) is 5.11 Å². The summed E-state index contributed by atoms with van der Waals surface area (Å²) in [4.78, 5) is 0. The Hall–Kier alpha value is -0.160. The van der Waals surface area contributed by atoms with Gasteiger partial charge < -0.3 is 15.3 Å². The van der Waals surface area contributed by atoms with Gasteiger partial charge in [-0.1, -0.05) is 6.92 Å². The van der Waals surface area contributed by atoms with Crippen molar-refractivity contribution in [2.75, 3.05) is 0 Å². The van der Waals surface area contributed by atoms with Gasteiger partial charge in [0.1, 0.15) is 6.10 Å². The van der Waals surface area contributed by atoms with E-state index >= 15 is 0 Å². The van der Waals surface area contributed by atoms with E-state index in [1.807, 2.05) is 0 Å². The minimum absolute atomic E-state index is 0.0382. The fraction of sp³-hybridized carbons (Fsp3) is 1.00. The molecule has 8 heavy (non-hydrogen) atoms. The van der Waals surface area contributed by atoms with Crippen LogP contribution in [0.5, 0.6) is 0 Å². The highest BCUT2D eigenvalue weighted by Gasteiger charge is 2.30. The van der Waals surface area contributed by atoms with Crippen molar-refractivity contribution in [2.45, 2.75) is 25.4 Å². The molecule has 0 amide bonds. The van der Waals surface area contributed by atoms with Crippen molar-refractivity contribution in [3.05, 3.63) is 0 Å². The van der Waals surface area contributed by atoms with Crippen molar-refractivity contribution < 1.29 is 20.4 Å². The summed E-state index contributed by atoms with van der Waals surface area (Å²) in [5.74, 6) is -3.19. The SMILES string of the molecule is CCC(O)C([O])(O)O. The molecule has 0 bridgehead atoms. The highest BCUT2D eigenvalue weighted by molar-refractivity contribution is 4.58. The number of rotatable bonds is 2. The number of aliphatic hydroxyl groups excluding tert-OH is 1.